The molecule has 0 aliphatic carbocycles. The zero-order chi connectivity index (χ0) is 19.1. The highest BCUT2D eigenvalue weighted by atomic mass is 16.3. The molecule has 26 heavy (non-hydrogen) atoms. The third kappa shape index (κ3) is 4.44. The standard InChI is InChI=1S/C16H20N6O.CH2O2/c1-11-15(19-14-7-4-5-9-21(11)14)16(23)17-8-6-10-22-13(3)18-12(2)20-22;2-1-3/h4-5,7,9H,6,8,10H2,1-3H3,(H,17,23);1H,(H,2,3). The number of amides is 1. The highest BCUT2D eigenvalue weighted by Gasteiger charge is 2.15. The largest absolute Gasteiger partial charge is 0.483 e. The zero-order valence-corrected chi connectivity index (χ0v) is 15.0. The molecule has 0 atom stereocenters. The average molecular weight is 358 g/mol. The molecule has 0 spiro atoms. The number of carbonyl (C=O) groups excluding carboxylic acids is 1. The molecule has 0 aromatic carbocycles. The van der Waals surface area contributed by atoms with Crippen molar-refractivity contribution in [1.82, 2.24) is 29.5 Å². The van der Waals surface area contributed by atoms with E-state index in [2.05, 4.69) is 20.4 Å². The first-order valence-corrected chi connectivity index (χ1v) is 8.15. The molecule has 3 aromatic rings. The molecule has 3 rings (SSSR count). The lowest BCUT2D eigenvalue weighted by Crippen LogP contribution is -2.26. The Hall–Kier alpha value is -3.23. The summed E-state index contributed by atoms with van der Waals surface area (Å²) in [4.78, 5) is 29.3. The van der Waals surface area contributed by atoms with Gasteiger partial charge in [-0.2, -0.15) is 5.10 Å². The summed E-state index contributed by atoms with van der Waals surface area (Å²) in [5, 5.41) is 14.1. The molecular formula is C17H22N6O3. The van der Waals surface area contributed by atoms with E-state index in [0.717, 1.165) is 36.0 Å². The van der Waals surface area contributed by atoms with E-state index in [0.29, 0.717) is 12.2 Å². The molecule has 0 saturated carbocycles. The smallest absolute Gasteiger partial charge is 0.290 e. The van der Waals surface area contributed by atoms with Gasteiger partial charge in [0, 0.05) is 19.3 Å². The summed E-state index contributed by atoms with van der Waals surface area (Å²) < 4.78 is 3.77. The minimum atomic E-state index is -0.250. The minimum Gasteiger partial charge on any atom is -0.483 e. The molecule has 0 radical (unpaired) electrons. The molecule has 9 nitrogen and oxygen atoms in total. The van der Waals surface area contributed by atoms with Gasteiger partial charge >= 0.3 is 0 Å². The van der Waals surface area contributed by atoms with Gasteiger partial charge in [-0.05, 0) is 39.3 Å². The topological polar surface area (TPSA) is 114 Å². The van der Waals surface area contributed by atoms with Crippen molar-refractivity contribution in [3.63, 3.8) is 0 Å². The lowest BCUT2D eigenvalue weighted by molar-refractivity contribution is -0.122. The van der Waals surface area contributed by atoms with E-state index >= 15 is 0 Å². The Morgan fingerprint density at radius 3 is 2.62 bits per heavy atom. The van der Waals surface area contributed by atoms with Crippen LogP contribution in [-0.4, -0.2) is 48.2 Å². The number of fused-ring (bicyclic) bond motifs is 1. The molecule has 9 heteroatoms. The Morgan fingerprint density at radius 2 is 2.00 bits per heavy atom. The SMILES string of the molecule is Cc1nc(C)n(CCCNC(=O)c2nc3ccccn3c2C)n1.O=CO. The summed E-state index contributed by atoms with van der Waals surface area (Å²) in [5.74, 6) is 1.52. The number of nitrogens with zero attached hydrogens (tertiary/aromatic N) is 5. The van der Waals surface area contributed by atoms with Gasteiger partial charge in [0.1, 0.15) is 23.0 Å². The van der Waals surface area contributed by atoms with Crippen LogP contribution < -0.4 is 5.32 Å². The van der Waals surface area contributed by atoms with Gasteiger partial charge in [-0.25, -0.2) is 9.97 Å². The van der Waals surface area contributed by atoms with E-state index < -0.39 is 0 Å². The monoisotopic (exact) mass is 358 g/mol. The van der Waals surface area contributed by atoms with Gasteiger partial charge in [0.2, 0.25) is 0 Å². The van der Waals surface area contributed by atoms with Gasteiger partial charge in [0.25, 0.3) is 12.4 Å². The predicted molar refractivity (Wildman–Crippen MR) is 95.1 cm³/mol. The number of nitrogens with one attached hydrogen (secondary N) is 1. The van der Waals surface area contributed by atoms with Crippen LogP contribution in [0.1, 0.15) is 34.3 Å². The Labute approximate surface area is 150 Å². The number of carbonyl (C=O) groups is 2. The van der Waals surface area contributed by atoms with E-state index in [-0.39, 0.29) is 12.4 Å². The molecule has 3 aromatic heterocycles. The molecule has 1 amide bonds. The second-order valence-electron chi connectivity index (χ2n) is 5.62. The molecule has 138 valence electrons. The maximum atomic E-state index is 12.3. The number of hydrogen-bond donors (Lipinski definition) is 2. The van der Waals surface area contributed by atoms with Gasteiger partial charge in [-0.3, -0.25) is 14.3 Å². The molecule has 2 N–H and O–H groups in total. The van der Waals surface area contributed by atoms with Crippen molar-refractivity contribution < 1.29 is 14.7 Å². The van der Waals surface area contributed by atoms with E-state index in [1.165, 1.54) is 0 Å². The van der Waals surface area contributed by atoms with E-state index in [1.54, 1.807) is 0 Å². The van der Waals surface area contributed by atoms with Gasteiger partial charge in [0.05, 0.1) is 5.69 Å². The molecule has 0 saturated heterocycles. The maximum Gasteiger partial charge on any atom is 0.290 e. The number of aryl methyl sites for hydroxylation is 4. The molecule has 0 aliphatic rings. The number of carboxylic acid groups (broad SMARTS) is 1. The van der Waals surface area contributed by atoms with Crippen molar-refractivity contribution in [1.29, 1.82) is 0 Å². The Morgan fingerprint density at radius 1 is 1.27 bits per heavy atom. The van der Waals surface area contributed by atoms with Crippen LogP contribution in [0.4, 0.5) is 0 Å². The fourth-order valence-electron chi connectivity index (χ4n) is 2.62. The van der Waals surface area contributed by atoms with Crippen molar-refractivity contribution in [2.75, 3.05) is 6.54 Å². The lowest BCUT2D eigenvalue weighted by atomic mass is 10.3. The molecular weight excluding hydrogens is 336 g/mol. The van der Waals surface area contributed by atoms with Crippen LogP contribution in [-0.2, 0) is 11.3 Å². The number of hydrogen-bond acceptors (Lipinski definition) is 5. The van der Waals surface area contributed by atoms with Crippen molar-refractivity contribution in [2.24, 2.45) is 0 Å². The second kappa shape index (κ2) is 8.75. The van der Waals surface area contributed by atoms with Crippen LogP contribution in [0.25, 0.3) is 5.65 Å². The Balaban J connectivity index is 0.000000758. The van der Waals surface area contributed by atoms with Crippen LogP contribution in [0.2, 0.25) is 0 Å². The first kappa shape index (κ1) is 19.1. The summed E-state index contributed by atoms with van der Waals surface area (Å²) in [6, 6.07) is 5.72. The van der Waals surface area contributed by atoms with Crippen molar-refractivity contribution in [3.05, 3.63) is 47.4 Å². The summed E-state index contributed by atoms with van der Waals surface area (Å²) in [5.41, 5.74) is 2.11. The van der Waals surface area contributed by atoms with Crippen LogP contribution in [0.3, 0.4) is 0 Å². The van der Waals surface area contributed by atoms with Crippen molar-refractivity contribution in [2.45, 2.75) is 33.7 Å². The van der Waals surface area contributed by atoms with Crippen LogP contribution >= 0.6 is 0 Å². The minimum absolute atomic E-state index is 0.141. The normalized spacial score (nSPS) is 10.3. The first-order chi connectivity index (χ1) is 12.5. The van der Waals surface area contributed by atoms with E-state index in [4.69, 9.17) is 9.90 Å². The summed E-state index contributed by atoms with van der Waals surface area (Å²) in [6.45, 7) is 6.76. The summed E-state index contributed by atoms with van der Waals surface area (Å²) in [7, 11) is 0. The number of rotatable bonds is 5. The summed E-state index contributed by atoms with van der Waals surface area (Å²) in [6.07, 6.45) is 2.70. The van der Waals surface area contributed by atoms with Gasteiger partial charge in [-0.1, -0.05) is 6.07 Å². The quantitative estimate of drug-likeness (QED) is 0.526. The molecule has 0 fully saturated rings. The Kier molecular flexibility index (Phi) is 6.42. The fourth-order valence-corrected chi connectivity index (χ4v) is 2.62. The van der Waals surface area contributed by atoms with Crippen molar-refractivity contribution >= 4 is 18.0 Å². The molecule has 0 bridgehead atoms. The van der Waals surface area contributed by atoms with Gasteiger partial charge < -0.3 is 14.8 Å². The van der Waals surface area contributed by atoms with Crippen molar-refractivity contribution in [3.8, 4) is 0 Å². The fraction of sp³-hybridized carbons (Fsp3) is 0.353. The van der Waals surface area contributed by atoms with Crippen LogP contribution in [0, 0.1) is 20.8 Å². The highest BCUT2D eigenvalue weighted by molar-refractivity contribution is 5.94. The van der Waals surface area contributed by atoms with Crippen LogP contribution in [0.5, 0.6) is 0 Å². The van der Waals surface area contributed by atoms with Gasteiger partial charge in [-0.15, -0.1) is 0 Å². The van der Waals surface area contributed by atoms with Crippen LogP contribution in [0.15, 0.2) is 24.4 Å². The highest BCUT2D eigenvalue weighted by Crippen LogP contribution is 2.11. The average Bonchev–Trinajstić information content (AvgIpc) is 3.12. The molecule has 0 unspecified atom stereocenters. The lowest BCUT2D eigenvalue weighted by Gasteiger charge is -2.05. The Bertz CT molecular complexity index is 899. The summed E-state index contributed by atoms with van der Waals surface area (Å²) >= 11 is 0. The molecule has 3 heterocycles. The second-order valence-corrected chi connectivity index (χ2v) is 5.62. The zero-order valence-electron chi connectivity index (χ0n) is 15.0. The van der Waals surface area contributed by atoms with E-state index in [1.807, 2.05) is 54.2 Å². The van der Waals surface area contributed by atoms with Gasteiger partial charge in [0.15, 0.2) is 0 Å². The van der Waals surface area contributed by atoms with E-state index in [9.17, 15) is 4.79 Å². The first-order valence-electron chi connectivity index (χ1n) is 8.15. The third-order valence-corrected chi connectivity index (χ3v) is 3.78. The predicted octanol–water partition coefficient (Wildman–Crippen LogP) is 1.37. The maximum absolute atomic E-state index is 12.3. The third-order valence-electron chi connectivity index (χ3n) is 3.78. The molecule has 0 aliphatic heterocycles. The number of pyridine rings is 1. The number of aromatic nitrogens is 5. The number of imidazole rings is 1.